The Morgan fingerprint density at radius 2 is 1.80 bits per heavy atom. The summed E-state index contributed by atoms with van der Waals surface area (Å²) in [6.45, 7) is 8.99. The molecular weight excluding hydrogens is 373 g/mol. The Bertz CT molecular complexity index is 606. The largest absolute Gasteiger partial charge is 0.384 e. The van der Waals surface area contributed by atoms with Gasteiger partial charge in [-0.3, -0.25) is 4.79 Å². The number of halogens is 2. The summed E-state index contributed by atoms with van der Waals surface area (Å²) in [7, 11) is 0. The maximum Gasteiger partial charge on any atom is 0.199 e. The van der Waals surface area contributed by atoms with Gasteiger partial charge in [0.2, 0.25) is 0 Å². The third-order valence-electron chi connectivity index (χ3n) is 4.91. The molecule has 25 heavy (non-hydrogen) atoms. The molecule has 2 nitrogen and oxygen atoms in total. The maximum absolute atomic E-state index is 12.4. The van der Waals surface area contributed by atoms with Crippen LogP contribution < -0.4 is 5.32 Å². The summed E-state index contributed by atoms with van der Waals surface area (Å²) in [6, 6.07) is 3.64. The monoisotopic (exact) mass is 401 g/mol. The van der Waals surface area contributed by atoms with E-state index in [-0.39, 0.29) is 5.12 Å². The van der Waals surface area contributed by atoms with Crippen molar-refractivity contribution in [3.63, 3.8) is 0 Å². The summed E-state index contributed by atoms with van der Waals surface area (Å²) >= 11 is 13.6. The molecule has 140 valence electrons. The summed E-state index contributed by atoms with van der Waals surface area (Å²) < 4.78 is 0. The summed E-state index contributed by atoms with van der Waals surface area (Å²) in [4.78, 5) is 13.3. The predicted molar refractivity (Wildman–Crippen MR) is 111 cm³/mol. The van der Waals surface area contributed by atoms with Crippen LogP contribution >= 0.6 is 35.0 Å². The second kappa shape index (κ2) is 9.01. The predicted octanol–water partition coefficient (Wildman–Crippen LogP) is 7.29. The normalized spacial score (nSPS) is 17.4. The molecule has 1 fully saturated rings. The topological polar surface area (TPSA) is 29.1 Å². The fourth-order valence-electron chi connectivity index (χ4n) is 3.14. The Morgan fingerprint density at radius 3 is 2.40 bits per heavy atom. The van der Waals surface area contributed by atoms with Crippen LogP contribution in [-0.4, -0.2) is 11.7 Å². The quantitative estimate of drug-likeness (QED) is 0.525. The maximum atomic E-state index is 12.4. The highest BCUT2D eigenvalue weighted by molar-refractivity contribution is 8.13. The van der Waals surface area contributed by atoms with Crippen molar-refractivity contribution < 1.29 is 4.79 Å². The van der Waals surface area contributed by atoms with Gasteiger partial charge in [-0.1, -0.05) is 83.0 Å². The zero-order chi connectivity index (χ0) is 18.6. The number of carbonyl (C=O) groups is 1. The molecule has 0 heterocycles. The molecule has 0 bridgehead atoms. The fraction of sp³-hybridized carbons (Fsp3) is 0.650. The highest BCUT2D eigenvalue weighted by Crippen LogP contribution is 2.39. The van der Waals surface area contributed by atoms with Gasteiger partial charge in [-0.05, 0) is 35.7 Å². The molecule has 1 atom stereocenters. The van der Waals surface area contributed by atoms with E-state index in [1.807, 2.05) is 26.8 Å². The number of hydrogen-bond acceptors (Lipinski definition) is 3. The lowest BCUT2D eigenvalue weighted by Crippen LogP contribution is -2.22. The molecule has 5 heteroatoms. The van der Waals surface area contributed by atoms with Crippen molar-refractivity contribution >= 4 is 45.8 Å². The van der Waals surface area contributed by atoms with Crippen LogP contribution in [0, 0.1) is 17.3 Å². The smallest absolute Gasteiger partial charge is 0.199 e. The number of nitrogens with one attached hydrogen (secondary N) is 1. The molecule has 1 N–H and O–H groups in total. The van der Waals surface area contributed by atoms with Crippen LogP contribution in [0.2, 0.25) is 10.0 Å². The van der Waals surface area contributed by atoms with E-state index in [4.69, 9.17) is 23.2 Å². The first-order chi connectivity index (χ1) is 11.7. The van der Waals surface area contributed by atoms with Gasteiger partial charge >= 0.3 is 0 Å². The van der Waals surface area contributed by atoms with Crippen molar-refractivity contribution in [2.45, 2.75) is 64.7 Å². The van der Waals surface area contributed by atoms with Gasteiger partial charge in [0.1, 0.15) is 0 Å². The van der Waals surface area contributed by atoms with Crippen molar-refractivity contribution in [1.29, 1.82) is 0 Å². The lowest BCUT2D eigenvalue weighted by Gasteiger charge is -2.28. The Labute approximate surface area is 166 Å². The molecule has 2 rings (SSSR count). The molecule has 1 unspecified atom stereocenters. The Kier molecular flexibility index (Phi) is 7.54. The van der Waals surface area contributed by atoms with Crippen molar-refractivity contribution in [3.8, 4) is 0 Å². The van der Waals surface area contributed by atoms with Gasteiger partial charge in [-0.25, -0.2) is 0 Å². The second-order valence-electron chi connectivity index (χ2n) is 8.16. The van der Waals surface area contributed by atoms with E-state index in [1.54, 1.807) is 6.07 Å². The third kappa shape index (κ3) is 6.08. The van der Waals surface area contributed by atoms with Crippen molar-refractivity contribution in [2.75, 3.05) is 11.9 Å². The number of benzene rings is 1. The highest BCUT2D eigenvalue weighted by atomic mass is 35.5. The van der Waals surface area contributed by atoms with E-state index in [2.05, 4.69) is 12.2 Å². The average Bonchev–Trinajstić information content (AvgIpc) is 2.56. The average molecular weight is 402 g/mol. The standard InChI is InChI=1S/C20H29Cl2NOS/c1-13(14-8-6-5-7-9-14)12-23-17-10-15(21)16(22)11-18(17)25-19(24)20(2,3)4/h10-11,13-14,23H,5-9,12H2,1-4H3. The third-order valence-corrected chi connectivity index (χ3v) is 6.98. The first-order valence-electron chi connectivity index (χ1n) is 9.13. The lowest BCUT2D eigenvalue weighted by atomic mass is 9.81. The highest BCUT2D eigenvalue weighted by Gasteiger charge is 2.25. The van der Waals surface area contributed by atoms with Crippen LogP contribution in [0.5, 0.6) is 0 Å². The first-order valence-corrected chi connectivity index (χ1v) is 10.7. The Morgan fingerprint density at radius 1 is 1.20 bits per heavy atom. The summed E-state index contributed by atoms with van der Waals surface area (Å²) in [6.07, 6.45) is 6.73. The van der Waals surface area contributed by atoms with E-state index >= 15 is 0 Å². The summed E-state index contributed by atoms with van der Waals surface area (Å²) in [5, 5.41) is 4.64. The molecule has 0 aliphatic heterocycles. The van der Waals surface area contributed by atoms with Gasteiger partial charge in [0.05, 0.1) is 10.0 Å². The Balaban J connectivity index is 2.10. The minimum Gasteiger partial charge on any atom is -0.384 e. The molecule has 0 amide bonds. The van der Waals surface area contributed by atoms with Crippen molar-refractivity contribution in [1.82, 2.24) is 0 Å². The lowest BCUT2D eigenvalue weighted by molar-refractivity contribution is -0.117. The van der Waals surface area contributed by atoms with Gasteiger partial charge in [0.25, 0.3) is 0 Å². The van der Waals surface area contributed by atoms with E-state index in [0.717, 1.165) is 23.0 Å². The summed E-state index contributed by atoms with van der Waals surface area (Å²) in [5.41, 5.74) is 0.503. The van der Waals surface area contributed by atoms with Gasteiger partial charge in [-0.15, -0.1) is 0 Å². The number of anilines is 1. The van der Waals surface area contributed by atoms with E-state index < -0.39 is 5.41 Å². The van der Waals surface area contributed by atoms with E-state index in [9.17, 15) is 4.79 Å². The minimum absolute atomic E-state index is 0.120. The molecule has 1 aromatic rings. The molecule has 1 aromatic carbocycles. The van der Waals surface area contributed by atoms with Crippen molar-refractivity contribution in [2.24, 2.45) is 17.3 Å². The van der Waals surface area contributed by atoms with Crippen LogP contribution in [0.1, 0.15) is 59.8 Å². The van der Waals surface area contributed by atoms with Crippen LogP contribution in [0.25, 0.3) is 0 Å². The van der Waals surface area contributed by atoms with E-state index in [0.29, 0.717) is 16.0 Å². The number of hydrogen-bond donors (Lipinski definition) is 1. The number of rotatable bonds is 5. The SMILES string of the molecule is CC(CNc1cc(Cl)c(Cl)cc1SC(=O)C(C)(C)C)C1CCCCC1. The van der Waals surface area contributed by atoms with Crippen LogP contribution in [0.15, 0.2) is 17.0 Å². The molecular formula is C20H29Cl2NOS. The molecule has 0 aromatic heterocycles. The zero-order valence-electron chi connectivity index (χ0n) is 15.6. The minimum atomic E-state index is -0.399. The van der Waals surface area contributed by atoms with Gasteiger partial charge in [0.15, 0.2) is 5.12 Å². The van der Waals surface area contributed by atoms with Gasteiger partial charge in [0, 0.05) is 22.5 Å². The number of carbonyl (C=O) groups excluding carboxylic acids is 1. The summed E-state index contributed by atoms with van der Waals surface area (Å²) in [5.74, 6) is 1.39. The van der Waals surface area contributed by atoms with Gasteiger partial charge < -0.3 is 5.32 Å². The van der Waals surface area contributed by atoms with Gasteiger partial charge in [-0.2, -0.15) is 0 Å². The molecule has 0 spiro atoms. The molecule has 1 saturated carbocycles. The second-order valence-corrected chi connectivity index (χ2v) is 9.99. The molecule has 0 radical (unpaired) electrons. The Hall–Kier alpha value is -0.380. The van der Waals surface area contributed by atoms with E-state index in [1.165, 1.54) is 43.9 Å². The molecule has 1 aliphatic carbocycles. The fourth-order valence-corrected chi connectivity index (χ4v) is 4.46. The van der Waals surface area contributed by atoms with Crippen molar-refractivity contribution in [3.05, 3.63) is 22.2 Å². The first kappa shape index (κ1) is 20.9. The number of thioether (sulfide) groups is 1. The molecule has 1 aliphatic rings. The van der Waals surface area contributed by atoms with Crippen LogP contribution in [-0.2, 0) is 4.79 Å². The zero-order valence-corrected chi connectivity index (χ0v) is 18.0. The van der Waals surface area contributed by atoms with Crippen LogP contribution in [0.3, 0.4) is 0 Å². The van der Waals surface area contributed by atoms with Crippen LogP contribution in [0.4, 0.5) is 5.69 Å². The molecule has 0 saturated heterocycles.